The fourth-order valence-electron chi connectivity index (χ4n) is 1.79. The van der Waals surface area contributed by atoms with E-state index in [1.165, 1.54) is 5.56 Å². The molecule has 0 aliphatic carbocycles. The van der Waals surface area contributed by atoms with E-state index in [1.807, 2.05) is 25.1 Å². The van der Waals surface area contributed by atoms with E-state index >= 15 is 0 Å². The number of nitrogens with zero attached hydrogens (tertiary/aromatic N) is 1. The lowest BCUT2D eigenvalue weighted by atomic mass is 10.1. The molecule has 2 rings (SSSR count). The molecule has 0 bridgehead atoms. The molecule has 0 fully saturated rings. The van der Waals surface area contributed by atoms with E-state index in [4.69, 9.17) is 4.74 Å². The Morgan fingerprint density at radius 1 is 1.21 bits per heavy atom. The van der Waals surface area contributed by atoms with Gasteiger partial charge in [-0.25, -0.2) is 0 Å². The molecule has 0 aliphatic heterocycles. The zero-order chi connectivity index (χ0) is 10.1. The number of ether oxygens (including phenoxy) is 1. The third-order valence-electron chi connectivity index (χ3n) is 2.34. The van der Waals surface area contributed by atoms with Gasteiger partial charge in [0.1, 0.15) is 5.75 Å². The molecule has 0 aliphatic rings. The summed E-state index contributed by atoms with van der Waals surface area (Å²) in [6.45, 7) is 4.09. The van der Waals surface area contributed by atoms with Gasteiger partial charge in [-0.05, 0) is 37.6 Å². The van der Waals surface area contributed by atoms with Crippen LogP contribution in [0.3, 0.4) is 0 Å². The highest BCUT2D eigenvalue weighted by molar-refractivity contribution is 5.88. The largest absolute Gasteiger partial charge is 0.496 e. The molecule has 72 valence electrons. The van der Waals surface area contributed by atoms with Gasteiger partial charge >= 0.3 is 0 Å². The van der Waals surface area contributed by atoms with Crippen molar-refractivity contribution in [2.45, 2.75) is 13.8 Å². The van der Waals surface area contributed by atoms with Crippen LogP contribution in [0.15, 0.2) is 24.3 Å². The summed E-state index contributed by atoms with van der Waals surface area (Å²) < 4.78 is 5.31. The van der Waals surface area contributed by atoms with Crippen molar-refractivity contribution in [1.82, 2.24) is 4.98 Å². The van der Waals surface area contributed by atoms with Crippen LogP contribution in [0.2, 0.25) is 0 Å². The summed E-state index contributed by atoms with van der Waals surface area (Å²) in [5.74, 6) is 0.896. The highest BCUT2D eigenvalue weighted by Crippen LogP contribution is 2.27. The molecular weight excluding hydrogens is 174 g/mol. The first-order valence-corrected chi connectivity index (χ1v) is 4.63. The summed E-state index contributed by atoms with van der Waals surface area (Å²) in [7, 11) is 1.69. The average molecular weight is 187 g/mol. The molecule has 0 atom stereocenters. The van der Waals surface area contributed by atoms with E-state index in [1.54, 1.807) is 7.11 Å². The number of hydrogen-bond acceptors (Lipinski definition) is 2. The topological polar surface area (TPSA) is 22.1 Å². The van der Waals surface area contributed by atoms with Crippen molar-refractivity contribution in [3.05, 3.63) is 35.5 Å². The van der Waals surface area contributed by atoms with Crippen LogP contribution in [0.25, 0.3) is 10.9 Å². The van der Waals surface area contributed by atoms with Gasteiger partial charge in [-0.15, -0.1) is 0 Å². The van der Waals surface area contributed by atoms with Gasteiger partial charge in [0.15, 0.2) is 0 Å². The SMILES string of the molecule is COc1cccc2nc(C)cc(C)c12. The number of aryl methyl sites for hydroxylation is 2. The smallest absolute Gasteiger partial charge is 0.128 e. The van der Waals surface area contributed by atoms with Crippen LogP contribution >= 0.6 is 0 Å². The molecule has 0 N–H and O–H groups in total. The Bertz CT molecular complexity index is 477. The summed E-state index contributed by atoms with van der Waals surface area (Å²) >= 11 is 0. The Morgan fingerprint density at radius 2 is 2.00 bits per heavy atom. The maximum Gasteiger partial charge on any atom is 0.128 e. The van der Waals surface area contributed by atoms with Crippen molar-refractivity contribution >= 4 is 10.9 Å². The van der Waals surface area contributed by atoms with Crippen LogP contribution in [0.1, 0.15) is 11.3 Å². The normalized spacial score (nSPS) is 10.5. The van der Waals surface area contributed by atoms with Crippen molar-refractivity contribution in [1.29, 1.82) is 0 Å². The second kappa shape index (κ2) is 3.29. The number of benzene rings is 1. The number of pyridine rings is 1. The average Bonchev–Trinajstić information content (AvgIpc) is 2.16. The first-order valence-electron chi connectivity index (χ1n) is 4.63. The zero-order valence-corrected chi connectivity index (χ0v) is 8.66. The van der Waals surface area contributed by atoms with Gasteiger partial charge in [-0.3, -0.25) is 4.98 Å². The molecule has 1 aromatic carbocycles. The molecule has 0 unspecified atom stereocenters. The van der Waals surface area contributed by atoms with Gasteiger partial charge in [-0.1, -0.05) is 6.07 Å². The van der Waals surface area contributed by atoms with Crippen LogP contribution in [0.4, 0.5) is 0 Å². The monoisotopic (exact) mass is 187 g/mol. The molecule has 0 spiro atoms. The van der Waals surface area contributed by atoms with Crippen LogP contribution in [-0.2, 0) is 0 Å². The first-order chi connectivity index (χ1) is 6.72. The van der Waals surface area contributed by atoms with E-state index in [0.717, 1.165) is 22.3 Å². The summed E-state index contributed by atoms with van der Waals surface area (Å²) in [5, 5.41) is 1.11. The Kier molecular flexibility index (Phi) is 2.12. The maximum atomic E-state index is 5.31. The number of hydrogen-bond donors (Lipinski definition) is 0. The number of methoxy groups -OCH3 is 1. The standard InChI is InChI=1S/C12H13NO/c1-8-7-9(2)13-10-5-4-6-11(14-3)12(8)10/h4-7H,1-3H3. The van der Waals surface area contributed by atoms with Gasteiger partial charge in [-0.2, -0.15) is 0 Å². The summed E-state index contributed by atoms with van der Waals surface area (Å²) in [6, 6.07) is 8.02. The Morgan fingerprint density at radius 3 is 2.71 bits per heavy atom. The fraction of sp³-hybridized carbons (Fsp3) is 0.250. The lowest BCUT2D eigenvalue weighted by Gasteiger charge is -2.08. The second-order valence-corrected chi connectivity index (χ2v) is 3.43. The lowest BCUT2D eigenvalue weighted by molar-refractivity contribution is 0.419. The van der Waals surface area contributed by atoms with Crippen LogP contribution in [-0.4, -0.2) is 12.1 Å². The number of fused-ring (bicyclic) bond motifs is 1. The highest BCUT2D eigenvalue weighted by atomic mass is 16.5. The first kappa shape index (κ1) is 9.00. The van der Waals surface area contributed by atoms with Crippen molar-refractivity contribution in [2.75, 3.05) is 7.11 Å². The zero-order valence-electron chi connectivity index (χ0n) is 8.66. The number of aromatic nitrogens is 1. The minimum atomic E-state index is 0.896. The number of rotatable bonds is 1. The van der Waals surface area contributed by atoms with Crippen molar-refractivity contribution in [2.24, 2.45) is 0 Å². The quantitative estimate of drug-likeness (QED) is 0.684. The molecule has 1 aromatic heterocycles. The van der Waals surface area contributed by atoms with E-state index in [-0.39, 0.29) is 0 Å². The molecular formula is C12H13NO. The minimum Gasteiger partial charge on any atom is -0.496 e. The third-order valence-corrected chi connectivity index (χ3v) is 2.34. The van der Waals surface area contributed by atoms with E-state index < -0.39 is 0 Å². The van der Waals surface area contributed by atoms with Gasteiger partial charge < -0.3 is 4.74 Å². The second-order valence-electron chi connectivity index (χ2n) is 3.43. The molecule has 0 saturated heterocycles. The fourth-order valence-corrected chi connectivity index (χ4v) is 1.79. The molecule has 2 nitrogen and oxygen atoms in total. The van der Waals surface area contributed by atoms with Crippen molar-refractivity contribution in [3.8, 4) is 5.75 Å². The van der Waals surface area contributed by atoms with E-state index in [2.05, 4.69) is 18.0 Å². The van der Waals surface area contributed by atoms with Crippen LogP contribution < -0.4 is 4.74 Å². The van der Waals surface area contributed by atoms with Crippen LogP contribution in [0, 0.1) is 13.8 Å². The molecule has 0 amide bonds. The van der Waals surface area contributed by atoms with E-state index in [9.17, 15) is 0 Å². The van der Waals surface area contributed by atoms with Gasteiger partial charge in [0.25, 0.3) is 0 Å². The minimum absolute atomic E-state index is 0.896. The van der Waals surface area contributed by atoms with Crippen molar-refractivity contribution < 1.29 is 4.74 Å². The molecule has 1 heterocycles. The van der Waals surface area contributed by atoms with Gasteiger partial charge in [0.05, 0.1) is 12.6 Å². The van der Waals surface area contributed by atoms with Crippen LogP contribution in [0.5, 0.6) is 5.75 Å². The predicted molar refractivity (Wildman–Crippen MR) is 57.8 cm³/mol. The molecule has 2 heteroatoms. The summed E-state index contributed by atoms with van der Waals surface area (Å²) in [6.07, 6.45) is 0. The molecule has 0 saturated carbocycles. The lowest BCUT2D eigenvalue weighted by Crippen LogP contribution is -1.91. The van der Waals surface area contributed by atoms with Gasteiger partial charge in [0, 0.05) is 11.1 Å². The summed E-state index contributed by atoms with van der Waals surface area (Å²) in [5.41, 5.74) is 3.26. The predicted octanol–water partition coefficient (Wildman–Crippen LogP) is 2.86. The Hall–Kier alpha value is -1.57. The Balaban J connectivity index is 2.87. The molecule has 14 heavy (non-hydrogen) atoms. The summed E-state index contributed by atoms with van der Waals surface area (Å²) in [4.78, 5) is 4.47. The third kappa shape index (κ3) is 1.33. The molecule has 2 aromatic rings. The molecule has 0 radical (unpaired) electrons. The van der Waals surface area contributed by atoms with Crippen molar-refractivity contribution in [3.63, 3.8) is 0 Å². The highest BCUT2D eigenvalue weighted by Gasteiger charge is 2.05. The van der Waals surface area contributed by atoms with Gasteiger partial charge in [0.2, 0.25) is 0 Å². The van der Waals surface area contributed by atoms with E-state index in [0.29, 0.717) is 0 Å². The maximum absolute atomic E-state index is 5.31. The Labute approximate surface area is 83.5 Å².